The first-order valence-electron chi connectivity index (χ1n) is 7.42. The second-order valence-corrected chi connectivity index (χ2v) is 7.28. The van der Waals surface area contributed by atoms with Gasteiger partial charge in [-0.15, -0.1) is 0 Å². The van der Waals surface area contributed by atoms with Crippen LogP contribution in [0, 0.1) is 11.3 Å². The fourth-order valence-corrected chi connectivity index (χ4v) is 3.41. The van der Waals surface area contributed by atoms with E-state index < -0.39 is 10.0 Å². The van der Waals surface area contributed by atoms with E-state index in [0.717, 1.165) is 12.8 Å². The summed E-state index contributed by atoms with van der Waals surface area (Å²) in [4.78, 5) is 12.3. The van der Waals surface area contributed by atoms with E-state index in [1.165, 1.54) is 24.3 Å². The summed E-state index contributed by atoms with van der Waals surface area (Å²) in [5.41, 5.74) is 1.42. The molecule has 7 heteroatoms. The molecule has 0 radical (unpaired) electrons. The molecule has 0 spiro atoms. The van der Waals surface area contributed by atoms with Crippen LogP contribution < -0.4 is 10.0 Å². The van der Waals surface area contributed by atoms with E-state index >= 15 is 0 Å². The van der Waals surface area contributed by atoms with E-state index in [-0.39, 0.29) is 16.8 Å². The number of hydrogen-bond donors (Lipinski definition) is 2. The number of rotatable bonds is 5. The molecule has 0 unspecified atom stereocenters. The summed E-state index contributed by atoms with van der Waals surface area (Å²) in [5.74, 6) is -0.348. The Bertz CT molecular complexity index is 894. The minimum Gasteiger partial charge on any atom is -0.322 e. The van der Waals surface area contributed by atoms with Crippen molar-refractivity contribution < 1.29 is 13.2 Å². The van der Waals surface area contributed by atoms with Gasteiger partial charge in [-0.05, 0) is 61.4 Å². The quantitative estimate of drug-likeness (QED) is 0.871. The molecule has 0 heterocycles. The Morgan fingerprint density at radius 2 is 1.67 bits per heavy atom. The molecule has 0 aliphatic heterocycles. The molecule has 2 N–H and O–H groups in total. The summed E-state index contributed by atoms with van der Waals surface area (Å²) in [5, 5.41) is 11.4. The van der Waals surface area contributed by atoms with Gasteiger partial charge in [-0.25, -0.2) is 13.1 Å². The highest BCUT2D eigenvalue weighted by atomic mass is 32.2. The van der Waals surface area contributed by atoms with Gasteiger partial charge < -0.3 is 5.32 Å². The molecule has 0 bridgehead atoms. The van der Waals surface area contributed by atoms with Crippen molar-refractivity contribution in [1.29, 1.82) is 5.26 Å². The van der Waals surface area contributed by atoms with Gasteiger partial charge in [0.25, 0.3) is 5.91 Å². The van der Waals surface area contributed by atoms with E-state index in [4.69, 9.17) is 5.26 Å². The first-order chi connectivity index (χ1) is 11.5. The SMILES string of the molecule is N#Cc1ccc(NC(=O)c2ccc(S(=O)(=O)NC3CC3)cc2)cc1. The number of nitrogens with zero attached hydrogens (tertiary/aromatic N) is 1. The topological polar surface area (TPSA) is 99.1 Å². The van der Waals surface area contributed by atoms with Crippen molar-refractivity contribution in [3.8, 4) is 6.07 Å². The van der Waals surface area contributed by atoms with Crippen molar-refractivity contribution in [3.05, 3.63) is 59.7 Å². The summed E-state index contributed by atoms with van der Waals surface area (Å²) in [6.45, 7) is 0. The molecule has 122 valence electrons. The van der Waals surface area contributed by atoms with E-state index in [1.807, 2.05) is 6.07 Å². The molecule has 1 aliphatic rings. The molecule has 0 saturated heterocycles. The lowest BCUT2D eigenvalue weighted by molar-refractivity contribution is 0.102. The summed E-state index contributed by atoms with van der Waals surface area (Å²) < 4.78 is 26.7. The zero-order valence-corrected chi connectivity index (χ0v) is 13.5. The molecule has 6 nitrogen and oxygen atoms in total. The maximum absolute atomic E-state index is 12.2. The second kappa shape index (κ2) is 6.43. The van der Waals surface area contributed by atoms with Crippen molar-refractivity contribution in [2.24, 2.45) is 0 Å². The van der Waals surface area contributed by atoms with Gasteiger partial charge in [0, 0.05) is 17.3 Å². The van der Waals surface area contributed by atoms with E-state index in [9.17, 15) is 13.2 Å². The summed E-state index contributed by atoms with van der Waals surface area (Å²) >= 11 is 0. The van der Waals surface area contributed by atoms with Crippen LogP contribution in [0.4, 0.5) is 5.69 Å². The molecular weight excluding hydrogens is 326 g/mol. The first kappa shape index (κ1) is 16.2. The third-order valence-corrected chi connectivity index (χ3v) is 5.13. The average molecular weight is 341 g/mol. The molecule has 1 saturated carbocycles. The molecule has 1 amide bonds. The zero-order chi connectivity index (χ0) is 17.2. The fraction of sp³-hybridized carbons (Fsp3) is 0.176. The van der Waals surface area contributed by atoms with Gasteiger partial charge >= 0.3 is 0 Å². The molecule has 3 rings (SSSR count). The summed E-state index contributed by atoms with van der Waals surface area (Å²) in [7, 11) is -3.52. The van der Waals surface area contributed by atoms with Crippen molar-refractivity contribution in [2.75, 3.05) is 5.32 Å². The lowest BCUT2D eigenvalue weighted by Crippen LogP contribution is -2.25. The lowest BCUT2D eigenvalue weighted by Gasteiger charge is -2.08. The summed E-state index contributed by atoms with van der Waals surface area (Å²) in [6, 6.07) is 14.3. The highest BCUT2D eigenvalue weighted by Gasteiger charge is 2.27. The standard InChI is InChI=1S/C17H15N3O3S/c18-11-12-1-5-14(6-2-12)19-17(21)13-3-9-16(10-4-13)24(22,23)20-15-7-8-15/h1-6,9-10,15,20H,7-8H2,(H,19,21). The van der Waals surface area contributed by atoms with Gasteiger partial charge in [-0.3, -0.25) is 4.79 Å². The van der Waals surface area contributed by atoms with Gasteiger partial charge in [0.05, 0.1) is 16.5 Å². The number of anilines is 1. The number of carbonyl (C=O) groups is 1. The molecule has 0 aromatic heterocycles. The van der Waals surface area contributed by atoms with Crippen LogP contribution in [-0.4, -0.2) is 20.4 Å². The predicted molar refractivity (Wildman–Crippen MR) is 88.9 cm³/mol. The summed E-state index contributed by atoms with van der Waals surface area (Å²) in [6.07, 6.45) is 1.73. The molecule has 2 aromatic carbocycles. The van der Waals surface area contributed by atoms with Gasteiger partial charge in [-0.2, -0.15) is 5.26 Å². The van der Waals surface area contributed by atoms with Crippen molar-refractivity contribution in [2.45, 2.75) is 23.8 Å². The molecule has 0 atom stereocenters. The van der Waals surface area contributed by atoms with Crippen LogP contribution in [0.1, 0.15) is 28.8 Å². The van der Waals surface area contributed by atoms with Crippen LogP contribution in [0.25, 0.3) is 0 Å². The van der Waals surface area contributed by atoms with Crippen LogP contribution in [0.5, 0.6) is 0 Å². The predicted octanol–water partition coefficient (Wildman–Crippen LogP) is 2.25. The largest absolute Gasteiger partial charge is 0.322 e. The average Bonchev–Trinajstić information content (AvgIpc) is 3.39. The van der Waals surface area contributed by atoms with Gasteiger partial charge in [0.2, 0.25) is 10.0 Å². The van der Waals surface area contributed by atoms with Crippen molar-refractivity contribution >= 4 is 21.6 Å². The highest BCUT2D eigenvalue weighted by molar-refractivity contribution is 7.89. The maximum atomic E-state index is 12.2. The number of amides is 1. The van der Waals surface area contributed by atoms with E-state index in [1.54, 1.807) is 24.3 Å². The number of nitriles is 1. The number of nitrogens with one attached hydrogen (secondary N) is 2. The van der Waals surface area contributed by atoms with Crippen molar-refractivity contribution in [1.82, 2.24) is 4.72 Å². The highest BCUT2D eigenvalue weighted by Crippen LogP contribution is 2.22. The molecule has 24 heavy (non-hydrogen) atoms. The number of hydrogen-bond acceptors (Lipinski definition) is 4. The number of sulfonamides is 1. The smallest absolute Gasteiger partial charge is 0.255 e. The van der Waals surface area contributed by atoms with E-state index in [0.29, 0.717) is 16.8 Å². The molecule has 2 aromatic rings. The zero-order valence-electron chi connectivity index (χ0n) is 12.7. The van der Waals surface area contributed by atoms with Gasteiger partial charge in [0.15, 0.2) is 0 Å². The van der Waals surface area contributed by atoms with Crippen LogP contribution in [-0.2, 0) is 10.0 Å². The molecule has 1 aliphatic carbocycles. The van der Waals surface area contributed by atoms with Crippen LogP contribution >= 0.6 is 0 Å². The lowest BCUT2D eigenvalue weighted by atomic mass is 10.2. The van der Waals surface area contributed by atoms with Crippen LogP contribution in [0.3, 0.4) is 0 Å². The number of carbonyl (C=O) groups excluding carboxylic acids is 1. The fourth-order valence-electron chi connectivity index (χ4n) is 2.11. The van der Waals surface area contributed by atoms with Gasteiger partial charge in [0.1, 0.15) is 0 Å². The maximum Gasteiger partial charge on any atom is 0.255 e. The molecule has 1 fully saturated rings. The van der Waals surface area contributed by atoms with Crippen LogP contribution in [0.2, 0.25) is 0 Å². The Kier molecular flexibility index (Phi) is 4.34. The number of benzene rings is 2. The third kappa shape index (κ3) is 3.79. The Hall–Kier alpha value is -2.69. The Labute approximate surface area is 140 Å². The third-order valence-electron chi connectivity index (χ3n) is 3.60. The van der Waals surface area contributed by atoms with Gasteiger partial charge in [-0.1, -0.05) is 0 Å². The van der Waals surface area contributed by atoms with Crippen molar-refractivity contribution in [3.63, 3.8) is 0 Å². The molecular formula is C17H15N3O3S. The monoisotopic (exact) mass is 341 g/mol. The Morgan fingerprint density at radius 3 is 2.21 bits per heavy atom. The second-order valence-electron chi connectivity index (χ2n) is 5.56. The van der Waals surface area contributed by atoms with Crippen LogP contribution in [0.15, 0.2) is 53.4 Å². The normalized spacial score (nSPS) is 14.0. The first-order valence-corrected chi connectivity index (χ1v) is 8.90. The Balaban J connectivity index is 1.70. The van der Waals surface area contributed by atoms with E-state index in [2.05, 4.69) is 10.0 Å². The minimum atomic E-state index is -3.52. The Morgan fingerprint density at radius 1 is 1.04 bits per heavy atom. The minimum absolute atomic E-state index is 0.0364.